The number of ether oxygens (including phenoxy) is 2. The number of benzene rings is 2. The Kier molecular flexibility index (Phi) is 7.75. The van der Waals surface area contributed by atoms with Crippen molar-refractivity contribution in [2.24, 2.45) is 11.3 Å². The lowest BCUT2D eigenvalue weighted by molar-refractivity contribution is -0.159. The van der Waals surface area contributed by atoms with Crippen molar-refractivity contribution in [2.45, 2.75) is 31.9 Å². The molecular formula is C33H35FN4O6. The molecule has 0 radical (unpaired) electrons. The summed E-state index contributed by atoms with van der Waals surface area (Å²) in [5.41, 5.74) is 0.855. The molecule has 1 aromatic heterocycles. The number of hydrogen-bond donors (Lipinski definition) is 0. The van der Waals surface area contributed by atoms with Gasteiger partial charge in [0.2, 0.25) is 11.8 Å². The maximum absolute atomic E-state index is 14.0. The maximum atomic E-state index is 14.0. The van der Waals surface area contributed by atoms with Crippen molar-refractivity contribution in [3.63, 3.8) is 0 Å². The highest BCUT2D eigenvalue weighted by atomic mass is 19.1. The minimum absolute atomic E-state index is 0.0134. The zero-order valence-electron chi connectivity index (χ0n) is 25.0. The first kappa shape index (κ1) is 29.6. The van der Waals surface area contributed by atoms with Crippen LogP contribution in [-0.2, 0) is 29.2 Å². The summed E-state index contributed by atoms with van der Waals surface area (Å²) in [4.78, 5) is 57.5. The van der Waals surface area contributed by atoms with Gasteiger partial charge in [-0.05, 0) is 60.2 Å². The van der Waals surface area contributed by atoms with E-state index in [9.17, 15) is 23.6 Å². The van der Waals surface area contributed by atoms with E-state index in [1.807, 2.05) is 10.6 Å². The SMILES string of the molecule is COc1cc(CC2(CN3CC4C[C@H](C3)c3cccc(=O)n3C4)C(=O)N(C)C(=O)N(C)C2=O)ccc1OCc1ccc(F)cc1. The zero-order valence-corrected chi connectivity index (χ0v) is 25.0. The third-order valence-corrected chi connectivity index (χ3v) is 9.09. The average molecular weight is 603 g/mol. The second-order valence-corrected chi connectivity index (χ2v) is 12.1. The molecule has 4 amide bonds. The first-order valence-electron chi connectivity index (χ1n) is 14.7. The fourth-order valence-corrected chi connectivity index (χ4v) is 7.01. The number of imide groups is 2. The van der Waals surface area contributed by atoms with Gasteiger partial charge in [0.25, 0.3) is 5.56 Å². The topological polar surface area (TPSA) is 101 Å². The second-order valence-electron chi connectivity index (χ2n) is 12.1. The molecule has 10 nitrogen and oxygen atoms in total. The summed E-state index contributed by atoms with van der Waals surface area (Å²) in [7, 11) is 4.32. The Morgan fingerprint density at radius 1 is 0.864 bits per heavy atom. The number of rotatable bonds is 8. The third-order valence-electron chi connectivity index (χ3n) is 9.09. The first-order chi connectivity index (χ1) is 21.1. The Morgan fingerprint density at radius 2 is 1.57 bits per heavy atom. The molecule has 2 saturated heterocycles. The quantitative estimate of drug-likeness (QED) is 0.365. The third kappa shape index (κ3) is 5.25. The molecular weight excluding hydrogens is 567 g/mol. The highest BCUT2D eigenvalue weighted by Gasteiger charge is 2.56. The van der Waals surface area contributed by atoms with Crippen molar-refractivity contribution in [3.05, 3.63) is 93.7 Å². The zero-order chi connectivity index (χ0) is 31.2. The number of barbiturate groups is 1. The molecule has 11 heteroatoms. The Balaban J connectivity index is 1.29. The predicted molar refractivity (Wildman–Crippen MR) is 159 cm³/mol. The van der Waals surface area contributed by atoms with Crippen LogP contribution >= 0.6 is 0 Å². The van der Waals surface area contributed by atoms with E-state index in [0.29, 0.717) is 36.7 Å². The van der Waals surface area contributed by atoms with Gasteiger partial charge >= 0.3 is 6.03 Å². The lowest BCUT2D eigenvalue weighted by atomic mass is 9.75. The molecule has 3 aliphatic heterocycles. The molecule has 0 saturated carbocycles. The van der Waals surface area contributed by atoms with Gasteiger partial charge < -0.3 is 18.9 Å². The van der Waals surface area contributed by atoms with Crippen LogP contribution in [0.2, 0.25) is 0 Å². The number of aromatic nitrogens is 1. The Morgan fingerprint density at radius 3 is 2.27 bits per heavy atom. The van der Waals surface area contributed by atoms with E-state index < -0.39 is 23.3 Å². The minimum Gasteiger partial charge on any atom is -0.493 e. The molecule has 2 aromatic carbocycles. The molecule has 2 atom stereocenters. The number of piperidine rings is 1. The van der Waals surface area contributed by atoms with Crippen molar-refractivity contribution in [3.8, 4) is 11.5 Å². The summed E-state index contributed by atoms with van der Waals surface area (Å²) < 4.78 is 26.7. The van der Waals surface area contributed by atoms with E-state index in [1.165, 1.54) is 33.3 Å². The van der Waals surface area contributed by atoms with Gasteiger partial charge in [0.1, 0.15) is 17.8 Å². The predicted octanol–water partition coefficient (Wildman–Crippen LogP) is 3.27. The van der Waals surface area contributed by atoms with Crippen LogP contribution in [0.25, 0.3) is 0 Å². The molecule has 6 rings (SSSR count). The number of nitrogens with zero attached hydrogens (tertiary/aromatic N) is 4. The van der Waals surface area contributed by atoms with E-state index in [0.717, 1.165) is 27.5 Å². The molecule has 3 aliphatic rings. The molecule has 0 spiro atoms. The number of halogens is 1. The van der Waals surface area contributed by atoms with E-state index in [2.05, 4.69) is 4.90 Å². The van der Waals surface area contributed by atoms with Gasteiger partial charge in [-0.3, -0.25) is 24.2 Å². The summed E-state index contributed by atoms with van der Waals surface area (Å²) in [5.74, 6) is -0.260. The number of methoxy groups -OCH3 is 1. The van der Waals surface area contributed by atoms with Crippen molar-refractivity contribution in [1.82, 2.24) is 19.3 Å². The van der Waals surface area contributed by atoms with Crippen molar-refractivity contribution >= 4 is 17.8 Å². The minimum atomic E-state index is -1.55. The molecule has 0 N–H and O–H groups in total. The number of hydrogen-bond acceptors (Lipinski definition) is 7. The molecule has 4 heterocycles. The summed E-state index contributed by atoms with van der Waals surface area (Å²) in [5, 5.41) is 0. The van der Waals surface area contributed by atoms with Crippen LogP contribution in [0.3, 0.4) is 0 Å². The average Bonchev–Trinajstić information content (AvgIpc) is 3.02. The Bertz CT molecular complexity index is 1650. The molecule has 1 unspecified atom stereocenters. The molecule has 0 aliphatic carbocycles. The van der Waals surface area contributed by atoms with Crippen LogP contribution in [0.1, 0.15) is 29.2 Å². The molecule has 44 heavy (non-hydrogen) atoms. The number of carbonyl (C=O) groups excluding carboxylic acids is 3. The smallest absolute Gasteiger partial charge is 0.332 e. The summed E-state index contributed by atoms with van der Waals surface area (Å²) >= 11 is 0. The van der Waals surface area contributed by atoms with E-state index in [1.54, 1.807) is 42.5 Å². The largest absolute Gasteiger partial charge is 0.493 e. The molecule has 2 bridgehead atoms. The Hall–Kier alpha value is -4.51. The van der Waals surface area contributed by atoms with Crippen LogP contribution in [0.4, 0.5) is 9.18 Å². The monoisotopic (exact) mass is 602 g/mol. The summed E-state index contributed by atoms with van der Waals surface area (Å²) in [6, 6.07) is 15.9. The number of fused-ring (bicyclic) bond motifs is 4. The number of urea groups is 1. The first-order valence-corrected chi connectivity index (χ1v) is 14.7. The van der Waals surface area contributed by atoms with Gasteiger partial charge in [0.05, 0.1) is 7.11 Å². The lowest BCUT2D eigenvalue weighted by Gasteiger charge is -2.48. The van der Waals surface area contributed by atoms with E-state index in [4.69, 9.17) is 9.47 Å². The molecule has 2 fully saturated rings. The summed E-state index contributed by atoms with van der Waals surface area (Å²) in [6.45, 7) is 2.12. The van der Waals surface area contributed by atoms with Gasteiger partial charge in [-0.2, -0.15) is 0 Å². The van der Waals surface area contributed by atoms with Crippen LogP contribution in [0, 0.1) is 17.2 Å². The number of carbonyl (C=O) groups is 3. The van der Waals surface area contributed by atoms with E-state index in [-0.39, 0.29) is 42.8 Å². The number of pyridine rings is 1. The van der Waals surface area contributed by atoms with Crippen LogP contribution < -0.4 is 15.0 Å². The number of amides is 4. The van der Waals surface area contributed by atoms with E-state index >= 15 is 0 Å². The van der Waals surface area contributed by atoms with Crippen LogP contribution in [-0.4, -0.2) is 78.0 Å². The summed E-state index contributed by atoms with van der Waals surface area (Å²) in [6.07, 6.45) is 0.979. The highest BCUT2D eigenvalue weighted by molar-refractivity contribution is 6.19. The molecule has 3 aromatic rings. The van der Waals surface area contributed by atoms with Crippen molar-refractivity contribution in [2.75, 3.05) is 40.8 Å². The molecule has 230 valence electrons. The van der Waals surface area contributed by atoms with Gasteiger partial charge in [-0.15, -0.1) is 0 Å². The number of likely N-dealkylation sites (tertiary alicyclic amines) is 1. The van der Waals surface area contributed by atoms with Gasteiger partial charge in [-0.1, -0.05) is 24.3 Å². The van der Waals surface area contributed by atoms with Crippen LogP contribution in [0.5, 0.6) is 11.5 Å². The highest BCUT2D eigenvalue weighted by Crippen LogP contribution is 2.40. The van der Waals surface area contributed by atoms with Gasteiger partial charge in [0.15, 0.2) is 11.5 Å². The fourth-order valence-electron chi connectivity index (χ4n) is 7.01. The van der Waals surface area contributed by atoms with Crippen molar-refractivity contribution < 1.29 is 28.2 Å². The Labute approximate surface area is 254 Å². The maximum Gasteiger partial charge on any atom is 0.332 e. The fraction of sp³-hybridized carbons (Fsp3) is 0.394. The normalized spacial score (nSPS) is 21.3. The standard InChI is InChI=1S/C33H35FN4O6/c1-35-30(40)33(31(41)36(2)32(35)42,20-37-16-23-13-24(18-37)26-5-4-6-29(39)38(26)17-23)15-22-9-12-27(28(14-22)43-3)44-19-21-7-10-25(34)11-8-21/h4-12,14,23-24H,13,15-20H2,1-3H3/t23?,24-/m1/s1. The van der Waals surface area contributed by atoms with Crippen molar-refractivity contribution in [1.29, 1.82) is 0 Å². The lowest BCUT2D eigenvalue weighted by Crippen LogP contribution is -2.67. The van der Waals surface area contributed by atoms with Gasteiger partial charge in [-0.25, -0.2) is 9.18 Å². The van der Waals surface area contributed by atoms with Crippen LogP contribution in [0.15, 0.2) is 65.5 Å². The second kappa shape index (κ2) is 11.5. The van der Waals surface area contributed by atoms with Gasteiger partial charge in [0, 0.05) is 58.0 Å².